The lowest BCUT2D eigenvalue weighted by molar-refractivity contribution is 0.175. The third kappa shape index (κ3) is 3.23. The molecule has 1 nitrogen and oxygen atoms in total. The quantitative estimate of drug-likeness (QED) is 0.779. The molecule has 1 aliphatic heterocycles. The molecule has 2 heteroatoms. The molecule has 0 N–H and O–H groups in total. The van der Waals surface area contributed by atoms with E-state index in [0.717, 1.165) is 16.9 Å². The van der Waals surface area contributed by atoms with Gasteiger partial charge in [0.1, 0.15) is 0 Å². The molecule has 2 rings (SSSR count). The van der Waals surface area contributed by atoms with Crippen LogP contribution in [0.1, 0.15) is 37.7 Å². The van der Waals surface area contributed by atoms with Crippen molar-refractivity contribution in [1.82, 2.24) is 4.90 Å². The third-order valence-electron chi connectivity index (χ3n) is 3.89. The Morgan fingerprint density at radius 1 is 1.29 bits per heavy atom. The van der Waals surface area contributed by atoms with Gasteiger partial charge in [0.25, 0.3) is 0 Å². The molecule has 0 amide bonds. The van der Waals surface area contributed by atoms with Gasteiger partial charge >= 0.3 is 0 Å². The highest BCUT2D eigenvalue weighted by atomic mass is 35.5. The SMILES string of the molecule is CCCC1CN(C)CC[C@@H]1c1ccc(Cl)cc1. The number of piperidine rings is 1. The summed E-state index contributed by atoms with van der Waals surface area (Å²) in [7, 11) is 2.24. The van der Waals surface area contributed by atoms with Crippen LogP contribution in [0.3, 0.4) is 0 Å². The fourth-order valence-corrected chi connectivity index (χ4v) is 3.15. The molecule has 0 spiro atoms. The van der Waals surface area contributed by atoms with Crippen molar-refractivity contribution in [2.24, 2.45) is 5.92 Å². The lowest BCUT2D eigenvalue weighted by atomic mass is 9.78. The van der Waals surface area contributed by atoms with E-state index in [1.165, 1.54) is 37.9 Å². The molecule has 1 fully saturated rings. The minimum atomic E-state index is 0.725. The summed E-state index contributed by atoms with van der Waals surface area (Å²) < 4.78 is 0. The van der Waals surface area contributed by atoms with Crippen molar-refractivity contribution in [2.45, 2.75) is 32.1 Å². The standard InChI is InChI=1S/C15H22ClN/c1-3-4-13-11-17(2)10-9-15(13)12-5-7-14(16)8-6-12/h5-8,13,15H,3-4,9-11H2,1-2H3/t13?,15-/m1/s1. The van der Waals surface area contributed by atoms with E-state index in [-0.39, 0.29) is 0 Å². The van der Waals surface area contributed by atoms with E-state index in [0.29, 0.717) is 0 Å². The molecule has 1 aromatic carbocycles. The number of hydrogen-bond donors (Lipinski definition) is 0. The monoisotopic (exact) mass is 251 g/mol. The second-order valence-corrected chi connectivity index (χ2v) is 5.69. The van der Waals surface area contributed by atoms with Gasteiger partial charge in [0, 0.05) is 11.6 Å². The van der Waals surface area contributed by atoms with Crippen LogP contribution in [0.4, 0.5) is 0 Å². The van der Waals surface area contributed by atoms with E-state index >= 15 is 0 Å². The highest BCUT2D eigenvalue weighted by Gasteiger charge is 2.27. The van der Waals surface area contributed by atoms with Gasteiger partial charge in [-0.15, -0.1) is 0 Å². The van der Waals surface area contributed by atoms with Gasteiger partial charge in [-0.2, -0.15) is 0 Å². The summed E-state index contributed by atoms with van der Waals surface area (Å²) in [6.07, 6.45) is 3.89. The number of nitrogens with zero attached hydrogens (tertiary/aromatic N) is 1. The van der Waals surface area contributed by atoms with Gasteiger partial charge in [-0.05, 0) is 56.0 Å². The maximum atomic E-state index is 5.96. The average Bonchev–Trinajstić information content (AvgIpc) is 2.31. The van der Waals surface area contributed by atoms with Crippen molar-refractivity contribution in [3.63, 3.8) is 0 Å². The van der Waals surface area contributed by atoms with Crippen LogP contribution >= 0.6 is 11.6 Å². The first-order valence-electron chi connectivity index (χ1n) is 6.64. The predicted molar refractivity (Wildman–Crippen MR) is 74.7 cm³/mol. The highest BCUT2D eigenvalue weighted by molar-refractivity contribution is 6.30. The molecular weight excluding hydrogens is 230 g/mol. The van der Waals surface area contributed by atoms with E-state index in [2.05, 4.69) is 31.0 Å². The van der Waals surface area contributed by atoms with Crippen LogP contribution in [0, 0.1) is 5.92 Å². The van der Waals surface area contributed by atoms with Gasteiger partial charge in [0.2, 0.25) is 0 Å². The summed E-state index contributed by atoms with van der Waals surface area (Å²) in [6.45, 7) is 4.74. The van der Waals surface area contributed by atoms with Crippen molar-refractivity contribution in [3.05, 3.63) is 34.9 Å². The van der Waals surface area contributed by atoms with Crippen LogP contribution < -0.4 is 0 Å². The number of halogens is 1. The van der Waals surface area contributed by atoms with Crippen molar-refractivity contribution in [1.29, 1.82) is 0 Å². The van der Waals surface area contributed by atoms with Crippen molar-refractivity contribution in [3.8, 4) is 0 Å². The summed E-state index contributed by atoms with van der Waals surface area (Å²) in [5.74, 6) is 1.53. The number of benzene rings is 1. The number of likely N-dealkylation sites (tertiary alicyclic amines) is 1. The van der Waals surface area contributed by atoms with Crippen molar-refractivity contribution >= 4 is 11.6 Å². The Morgan fingerprint density at radius 2 is 2.00 bits per heavy atom. The molecule has 0 radical (unpaired) electrons. The van der Waals surface area contributed by atoms with E-state index in [1.54, 1.807) is 0 Å². The van der Waals surface area contributed by atoms with Crippen LogP contribution in [0.5, 0.6) is 0 Å². The van der Waals surface area contributed by atoms with E-state index in [4.69, 9.17) is 11.6 Å². The van der Waals surface area contributed by atoms with Crippen LogP contribution in [0.25, 0.3) is 0 Å². The predicted octanol–water partition coefficient (Wildman–Crippen LogP) is 4.18. The molecule has 2 atom stereocenters. The molecule has 17 heavy (non-hydrogen) atoms. The second kappa shape index (κ2) is 5.88. The Balaban J connectivity index is 2.14. The molecule has 0 aliphatic carbocycles. The van der Waals surface area contributed by atoms with Crippen LogP contribution in [0.2, 0.25) is 5.02 Å². The molecule has 0 saturated carbocycles. The molecule has 1 aliphatic rings. The average molecular weight is 252 g/mol. The summed E-state index contributed by atoms with van der Waals surface area (Å²) >= 11 is 5.96. The first-order chi connectivity index (χ1) is 8.20. The van der Waals surface area contributed by atoms with Gasteiger partial charge in [-0.3, -0.25) is 0 Å². The van der Waals surface area contributed by atoms with Gasteiger partial charge < -0.3 is 4.90 Å². The zero-order valence-electron chi connectivity index (χ0n) is 10.8. The third-order valence-corrected chi connectivity index (χ3v) is 4.15. The van der Waals surface area contributed by atoms with Crippen LogP contribution in [-0.4, -0.2) is 25.0 Å². The van der Waals surface area contributed by atoms with E-state index in [1.807, 2.05) is 12.1 Å². The Morgan fingerprint density at radius 3 is 2.65 bits per heavy atom. The van der Waals surface area contributed by atoms with E-state index < -0.39 is 0 Å². The van der Waals surface area contributed by atoms with Crippen LogP contribution in [0.15, 0.2) is 24.3 Å². The lowest BCUT2D eigenvalue weighted by Gasteiger charge is -2.37. The Labute approximate surface area is 110 Å². The number of hydrogen-bond acceptors (Lipinski definition) is 1. The summed E-state index contributed by atoms with van der Waals surface area (Å²) in [5, 5.41) is 0.841. The lowest BCUT2D eigenvalue weighted by Crippen LogP contribution is -2.36. The smallest absolute Gasteiger partial charge is 0.0406 e. The van der Waals surface area contributed by atoms with Crippen molar-refractivity contribution in [2.75, 3.05) is 20.1 Å². The van der Waals surface area contributed by atoms with Gasteiger partial charge in [-0.1, -0.05) is 37.1 Å². The minimum absolute atomic E-state index is 0.725. The van der Waals surface area contributed by atoms with E-state index in [9.17, 15) is 0 Å². The topological polar surface area (TPSA) is 3.24 Å². The summed E-state index contributed by atoms with van der Waals surface area (Å²) in [4.78, 5) is 2.47. The molecule has 1 unspecified atom stereocenters. The highest BCUT2D eigenvalue weighted by Crippen LogP contribution is 2.35. The Bertz CT molecular complexity index is 346. The molecule has 0 aromatic heterocycles. The van der Waals surface area contributed by atoms with Gasteiger partial charge in [-0.25, -0.2) is 0 Å². The largest absolute Gasteiger partial charge is 0.306 e. The zero-order valence-corrected chi connectivity index (χ0v) is 11.6. The fourth-order valence-electron chi connectivity index (χ4n) is 3.03. The maximum Gasteiger partial charge on any atom is 0.0406 e. The minimum Gasteiger partial charge on any atom is -0.306 e. The molecule has 0 bridgehead atoms. The summed E-state index contributed by atoms with van der Waals surface area (Å²) in [5.41, 5.74) is 1.47. The molecule has 94 valence electrons. The zero-order chi connectivity index (χ0) is 12.3. The van der Waals surface area contributed by atoms with Crippen molar-refractivity contribution < 1.29 is 0 Å². The first kappa shape index (κ1) is 12.9. The summed E-state index contributed by atoms with van der Waals surface area (Å²) in [6, 6.07) is 8.47. The first-order valence-corrected chi connectivity index (χ1v) is 7.02. The van der Waals surface area contributed by atoms with Gasteiger partial charge in [0.15, 0.2) is 0 Å². The molecular formula is C15H22ClN. The number of rotatable bonds is 3. The maximum absolute atomic E-state index is 5.96. The van der Waals surface area contributed by atoms with Crippen LogP contribution in [-0.2, 0) is 0 Å². The Kier molecular flexibility index (Phi) is 4.47. The molecule has 1 saturated heterocycles. The molecule has 1 heterocycles. The molecule has 1 aromatic rings. The second-order valence-electron chi connectivity index (χ2n) is 5.26. The normalized spacial score (nSPS) is 26.1. The fraction of sp³-hybridized carbons (Fsp3) is 0.600. The van der Waals surface area contributed by atoms with Gasteiger partial charge in [0.05, 0.1) is 0 Å². The Hall–Kier alpha value is -0.530.